The third-order valence-corrected chi connectivity index (χ3v) is 4.38. The summed E-state index contributed by atoms with van der Waals surface area (Å²) in [6.45, 7) is 7.65. The fourth-order valence-electron chi connectivity index (χ4n) is 3.25. The summed E-state index contributed by atoms with van der Waals surface area (Å²) in [5.74, 6) is 1.11. The number of nitrogens with one attached hydrogen (secondary N) is 2. The summed E-state index contributed by atoms with van der Waals surface area (Å²) >= 11 is 0. The second kappa shape index (κ2) is 5.10. The van der Waals surface area contributed by atoms with Crippen molar-refractivity contribution in [2.75, 3.05) is 67.6 Å². The van der Waals surface area contributed by atoms with E-state index in [9.17, 15) is 0 Å². The second-order valence-electron chi connectivity index (χ2n) is 5.60. The van der Waals surface area contributed by atoms with E-state index in [4.69, 9.17) is 9.72 Å². The molecule has 108 valence electrons. The van der Waals surface area contributed by atoms with Crippen molar-refractivity contribution in [1.82, 2.24) is 10.3 Å². The normalized spacial score (nSPS) is 25.7. The molecule has 20 heavy (non-hydrogen) atoms. The van der Waals surface area contributed by atoms with Crippen LogP contribution in [0.2, 0.25) is 0 Å². The highest BCUT2D eigenvalue weighted by Crippen LogP contribution is 2.33. The monoisotopic (exact) mass is 275 g/mol. The van der Waals surface area contributed by atoms with E-state index in [1.165, 1.54) is 11.4 Å². The largest absolute Gasteiger partial charge is 0.380 e. The number of anilines is 3. The zero-order chi connectivity index (χ0) is 13.4. The van der Waals surface area contributed by atoms with Gasteiger partial charge in [-0.3, -0.25) is 0 Å². The van der Waals surface area contributed by atoms with E-state index in [0.29, 0.717) is 6.04 Å². The Kier molecular flexibility index (Phi) is 3.12. The quantitative estimate of drug-likeness (QED) is 0.759. The van der Waals surface area contributed by atoms with E-state index in [1.54, 1.807) is 0 Å². The predicted octanol–water partition coefficient (Wildman–Crippen LogP) is 0.122. The van der Waals surface area contributed by atoms with Crippen LogP contribution in [0.3, 0.4) is 0 Å². The minimum absolute atomic E-state index is 0.526. The Morgan fingerprint density at radius 2 is 2.10 bits per heavy atom. The molecule has 2 saturated heterocycles. The van der Waals surface area contributed by atoms with Crippen molar-refractivity contribution in [1.29, 1.82) is 0 Å². The van der Waals surface area contributed by atoms with Crippen LogP contribution in [0.5, 0.6) is 0 Å². The first-order valence-electron chi connectivity index (χ1n) is 7.46. The first kappa shape index (κ1) is 12.2. The molecule has 0 aromatic carbocycles. The molecule has 4 rings (SSSR count). The van der Waals surface area contributed by atoms with E-state index in [2.05, 4.69) is 26.5 Å². The van der Waals surface area contributed by atoms with Gasteiger partial charge >= 0.3 is 0 Å². The van der Waals surface area contributed by atoms with E-state index in [0.717, 1.165) is 58.3 Å². The number of ether oxygens (including phenoxy) is 1. The van der Waals surface area contributed by atoms with E-state index in [-0.39, 0.29) is 0 Å². The van der Waals surface area contributed by atoms with Crippen LogP contribution in [-0.2, 0) is 4.74 Å². The number of pyridine rings is 1. The van der Waals surface area contributed by atoms with Gasteiger partial charge < -0.3 is 25.2 Å². The summed E-state index contributed by atoms with van der Waals surface area (Å²) in [5, 5.41) is 6.99. The Morgan fingerprint density at radius 1 is 1.20 bits per heavy atom. The summed E-state index contributed by atoms with van der Waals surface area (Å²) in [5.41, 5.74) is 2.38. The molecule has 4 heterocycles. The molecule has 2 N–H and O–H groups in total. The predicted molar refractivity (Wildman–Crippen MR) is 79.8 cm³/mol. The minimum Gasteiger partial charge on any atom is -0.380 e. The van der Waals surface area contributed by atoms with Crippen LogP contribution in [0.15, 0.2) is 12.3 Å². The Labute approximate surface area is 119 Å². The molecule has 1 aromatic heterocycles. The van der Waals surface area contributed by atoms with Crippen LogP contribution < -0.4 is 20.4 Å². The van der Waals surface area contributed by atoms with Gasteiger partial charge in [-0.1, -0.05) is 0 Å². The molecule has 6 nitrogen and oxygen atoms in total. The number of nitrogens with zero attached hydrogens (tertiary/aromatic N) is 3. The van der Waals surface area contributed by atoms with Crippen LogP contribution in [0, 0.1) is 0 Å². The summed E-state index contributed by atoms with van der Waals surface area (Å²) in [6.07, 6.45) is 2.01. The van der Waals surface area contributed by atoms with Crippen LogP contribution in [0.1, 0.15) is 0 Å². The highest BCUT2D eigenvalue weighted by atomic mass is 16.5. The fourth-order valence-corrected chi connectivity index (χ4v) is 3.25. The molecule has 3 aliphatic heterocycles. The van der Waals surface area contributed by atoms with E-state index < -0.39 is 0 Å². The SMILES string of the molecule is c1nc2c(cc1N1CCOCC1)NC[C@H]1CNCCN21. The van der Waals surface area contributed by atoms with Crippen molar-refractivity contribution in [3.05, 3.63) is 12.3 Å². The summed E-state index contributed by atoms with van der Waals surface area (Å²) in [7, 11) is 0. The zero-order valence-electron chi connectivity index (χ0n) is 11.6. The van der Waals surface area contributed by atoms with Crippen LogP contribution in [0.25, 0.3) is 0 Å². The zero-order valence-corrected chi connectivity index (χ0v) is 11.6. The average Bonchev–Trinajstić information content (AvgIpc) is 2.55. The summed E-state index contributed by atoms with van der Waals surface area (Å²) in [4.78, 5) is 9.52. The third kappa shape index (κ3) is 2.09. The molecule has 0 spiro atoms. The van der Waals surface area contributed by atoms with E-state index in [1.807, 2.05) is 6.20 Å². The van der Waals surface area contributed by atoms with Gasteiger partial charge in [0.05, 0.1) is 36.8 Å². The molecule has 6 heteroatoms. The molecule has 0 radical (unpaired) electrons. The Hall–Kier alpha value is -1.53. The lowest BCUT2D eigenvalue weighted by Gasteiger charge is -2.42. The number of rotatable bonds is 1. The molecule has 1 aromatic rings. The average molecular weight is 275 g/mol. The number of morpholine rings is 1. The van der Waals surface area contributed by atoms with Crippen molar-refractivity contribution in [3.63, 3.8) is 0 Å². The van der Waals surface area contributed by atoms with Crippen molar-refractivity contribution in [2.45, 2.75) is 6.04 Å². The highest BCUT2D eigenvalue weighted by Gasteiger charge is 2.29. The lowest BCUT2D eigenvalue weighted by atomic mass is 10.1. The van der Waals surface area contributed by atoms with Crippen LogP contribution >= 0.6 is 0 Å². The lowest BCUT2D eigenvalue weighted by Crippen LogP contribution is -2.56. The number of piperazine rings is 1. The molecule has 0 saturated carbocycles. The standard InChI is InChI=1S/C14H21N5O/c1-2-19-12(8-15-1)10-16-13-7-11(9-17-14(13)19)18-3-5-20-6-4-18/h7,9,12,15-16H,1-6,8,10H2/t12-/m1/s1. The van der Waals surface area contributed by atoms with Crippen molar-refractivity contribution < 1.29 is 4.74 Å². The number of aromatic nitrogens is 1. The van der Waals surface area contributed by atoms with Gasteiger partial charge in [-0.25, -0.2) is 4.98 Å². The van der Waals surface area contributed by atoms with Gasteiger partial charge in [0.1, 0.15) is 0 Å². The van der Waals surface area contributed by atoms with Gasteiger partial charge in [-0.2, -0.15) is 0 Å². The summed E-state index contributed by atoms with van der Waals surface area (Å²) < 4.78 is 5.41. The lowest BCUT2D eigenvalue weighted by molar-refractivity contribution is 0.122. The number of fused-ring (bicyclic) bond motifs is 3. The van der Waals surface area contributed by atoms with Crippen LogP contribution in [0.4, 0.5) is 17.2 Å². The van der Waals surface area contributed by atoms with Gasteiger partial charge in [-0.15, -0.1) is 0 Å². The number of hydrogen-bond donors (Lipinski definition) is 2. The maximum absolute atomic E-state index is 5.41. The van der Waals surface area contributed by atoms with Gasteiger partial charge in [0.15, 0.2) is 5.82 Å². The van der Waals surface area contributed by atoms with Gasteiger partial charge in [0, 0.05) is 39.3 Å². The molecule has 0 bridgehead atoms. The number of hydrogen-bond acceptors (Lipinski definition) is 6. The van der Waals surface area contributed by atoms with Gasteiger partial charge in [0.25, 0.3) is 0 Å². The Morgan fingerprint density at radius 3 is 3.00 bits per heavy atom. The molecule has 2 fully saturated rings. The summed E-state index contributed by atoms with van der Waals surface area (Å²) in [6, 6.07) is 2.77. The van der Waals surface area contributed by atoms with Gasteiger partial charge in [-0.05, 0) is 6.07 Å². The molecule has 0 unspecified atom stereocenters. The maximum Gasteiger partial charge on any atom is 0.152 e. The van der Waals surface area contributed by atoms with Crippen LogP contribution in [-0.4, -0.2) is 63.5 Å². The van der Waals surface area contributed by atoms with Gasteiger partial charge in [0.2, 0.25) is 0 Å². The molecule has 0 aliphatic carbocycles. The van der Waals surface area contributed by atoms with E-state index >= 15 is 0 Å². The third-order valence-electron chi connectivity index (χ3n) is 4.38. The topological polar surface area (TPSA) is 52.7 Å². The maximum atomic E-state index is 5.41. The molecular formula is C14H21N5O. The highest BCUT2D eigenvalue weighted by molar-refractivity contribution is 5.73. The van der Waals surface area contributed by atoms with Crippen molar-refractivity contribution >= 4 is 17.2 Å². The first-order chi connectivity index (χ1) is 9.92. The smallest absolute Gasteiger partial charge is 0.152 e. The molecule has 1 atom stereocenters. The van der Waals surface area contributed by atoms with Crippen molar-refractivity contribution in [3.8, 4) is 0 Å². The molecular weight excluding hydrogens is 254 g/mol. The molecule has 3 aliphatic rings. The Bertz CT molecular complexity index is 488. The first-order valence-corrected chi connectivity index (χ1v) is 7.46. The molecule has 0 amide bonds. The Balaban J connectivity index is 1.61. The van der Waals surface area contributed by atoms with Crippen molar-refractivity contribution in [2.24, 2.45) is 0 Å². The second-order valence-corrected chi connectivity index (χ2v) is 5.60. The minimum atomic E-state index is 0.526. The fraction of sp³-hybridized carbons (Fsp3) is 0.643.